The summed E-state index contributed by atoms with van der Waals surface area (Å²) in [4.78, 5) is 143. The molecule has 100 heavy (non-hydrogen) atoms. The zero-order valence-corrected chi connectivity index (χ0v) is 60.2. The van der Waals surface area contributed by atoms with Crippen LogP contribution >= 0.6 is 7.26 Å². The first kappa shape index (κ1) is 72.4. The molecule has 1 N–H and O–H groups in total. The fraction of sp³-hybridized carbons (Fsp3) is 0.325. The molecule has 6 aromatic rings. The Kier molecular flexibility index (Phi) is 20.9. The Morgan fingerprint density at radius 1 is 0.470 bits per heavy atom. The van der Waals surface area contributed by atoms with E-state index in [9.17, 15) is 47.9 Å². The van der Waals surface area contributed by atoms with Crippen LogP contribution < -0.4 is 35.4 Å². The number of hydrogen-bond donors (Lipinski definition) is 1. The van der Waals surface area contributed by atoms with Crippen molar-refractivity contribution in [3.8, 4) is 23.0 Å². The van der Waals surface area contributed by atoms with Crippen LogP contribution in [0.4, 0.5) is 9.59 Å². The fourth-order valence-electron chi connectivity index (χ4n) is 14.1. The molecule has 2 heterocycles. The van der Waals surface area contributed by atoms with Crippen LogP contribution in [0.5, 0.6) is 23.0 Å². The van der Waals surface area contributed by atoms with Gasteiger partial charge in [-0.3, -0.25) is 28.8 Å². The van der Waals surface area contributed by atoms with Crippen LogP contribution in [0.15, 0.2) is 190 Å². The van der Waals surface area contributed by atoms with E-state index in [-0.39, 0.29) is 114 Å². The number of ketones is 4. The fourth-order valence-corrected chi connectivity index (χ4v) is 19.0. The van der Waals surface area contributed by atoms with Crippen LogP contribution in [0.1, 0.15) is 126 Å². The number of hydrogen-bond acceptors (Lipinski definition) is 14. The van der Waals surface area contributed by atoms with Crippen molar-refractivity contribution < 1.29 is 66.9 Å². The second-order valence-electron chi connectivity index (χ2n) is 27.8. The molecule has 10 rings (SSSR count). The minimum atomic E-state index is -2.63. The normalized spacial score (nSPS) is 15.2. The zero-order valence-electron chi connectivity index (χ0n) is 59.2. The van der Waals surface area contributed by atoms with Crippen molar-refractivity contribution in [1.29, 1.82) is 0 Å². The molecule has 4 aliphatic rings. The molecule has 0 atom stereocenters. The predicted octanol–water partition coefficient (Wildman–Crippen LogP) is 11.3. The van der Waals surface area contributed by atoms with Crippen molar-refractivity contribution in [2.24, 2.45) is 10.8 Å². The molecule has 19 nitrogen and oxygen atoms in total. The molecule has 0 aromatic heterocycles. The molecule has 0 saturated heterocycles. The van der Waals surface area contributed by atoms with Crippen LogP contribution in [-0.2, 0) is 39.1 Å². The molecule has 2 aliphatic heterocycles. The Hall–Kier alpha value is -10.4. The summed E-state index contributed by atoms with van der Waals surface area (Å²) in [5.74, 6) is -2.48. The Balaban J connectivity index is 0.886. The first-order valence-corrected chi connectivity index (χ1v) is 35.6. The Morgan fingerprint density at radius 2 is 0.860 bits per heavy atom. The van der Waals surface area contributed by atoms with Crippen LogP contribution in [-0.4, -0.2) is 146 Å². The van der Waals surface area contributed by atoms with E-state index in [0.717, 1.165) is 6.16 Å². The smallest absolute Gasteiger partial charge is 0.185 e. The van der Waals surface area contributed by atoms with Crippen molar-refractivity contribution >= 4 is 82.2 Å². The number of likely N-dealkylation sites (N-methyl/N-ethyl adjacent to an activating group) is 4. The largest absolute Gasteiger partial charge is 0.289 e. The molecule has 0 fully saturated rings. The van der Waals surface area contributed by atoms with Gasteiger partial charge < -0.3 is 29.1 Å². The molecule has 20 heteroatoms. The maximum atomic E-state index is 14.5. The van der Waals surface area contributed by atoms with E-state index < -0.39 is 41.8 Å². The molecule has 5 amide bonds. The number of Topliss-reactive ketones (excluding diaryl/α,β-unsaturated/α-hetero) is 4. The SMILES string of the molecule is CC1=C(C)C(=O)C(C(C)(C)CC(=O)N(C)CCN(C)C(=O)Oc2ccc3c(c2)Oc2cc(OC(=O)N(C)CCN(C)C(=O)CC(C)(C)C4=C(C)C(=O)C(C)=C(C)C4=O)ccc2C32OC(=O)c3ccc(C(=O)NCCC[PH](c4ccccc4)(c4ccccc4)c4ccccc4)cc32)=C(C)C1=O. The predicted molar refractivity (Wildman–Crippen MR) is 385 cm³/mol. The summed E-state index contributed by atoms with van der Waals surface area (Å²) in [5, 5.41) is 6.90. The Labute approximate surface area is 584 Å². The van der Waals surface area contributed by atoms with E-state index in [2.05, 4.69) is 78.1 Å². The second kappa shape index (κ2) is 28.8. The number of carbonyl (C=O) groups is 10. The third-order valence-corrected chi connectivity index (χ3v) is 25.2. The molecule has 2 aliphatic carbocycles. The number of nitrogens with one attached hydrogen (secondary N) is 1. The van der Waals surface area contributed by atoms with Gasteiger partial charge in [0.1, 0.15) is 11.5 Å². The van der Waals surface area contributed by atoms with Crippen molar-refractivity contribution in [2.75, 3.05) is 67.1 Å². The summed E-state index contributed by atoms with van der Waals surface area (Å²) in [6.07, 6.45) is -0.326. The van der Waals surface area contributed by atoms with E-state index in [1.165, 1.54) is 73.9 Å². The van der Waals surface area contributed by atoms with E-state index in [4.69, 9.17) is 18.9 Å². The van der Waals surface area contributed by atoms with Gasteiger partial charge in [0, 0.05) is 123 Å². The van der Waals surface area contributed by atoms with Crippen molar-refractivity contribution in [3.05, 3.63) is 218 Å². The third kappa shape index (κ3) is 13.9. The Morgan fingerprint density at radius 3 is 1.27 bits per heavy atom. The topological polar surface area (TPSA) is 233 Å². The quantitative estimate of drug-likeness (QED) is 0.0288. The number of allylic oxidation sites excluding steroid dienone is 8. The molecule has 0 saturated carbocycles. The number of amides is 5. The van der Waals surface area contributed by atoms with Gasteiger partial charge in [0.05, 0.1) is 0 Å². The maximum Gasteiger partial charge on any atom is 0.185 e. The number of rotatable bonds is 22. The van der Waals surface area contributed by atoms with Crippen LogP contribution in [0.2, 0.25) is 0 Å². The average Bonchev–Trinajstić information content (AvgIpc) is 1.48. The van der Waals surface area contributed by atoms with E-state index in [0.29, 0.717) is 74.2 Å². The molecule has 0 unspecified atom stereocenters. The number of fused-ring (bicyclic) bond motifs is 6. The Bertz CT molecular complexity index is 4240. The number of nitrogens with zero attached hydrogens (tertiary/aromatic N) is 4. The summed E-state index contributed by atoms with van der Waals surface area (Å²) >= 11 is 0. The van der Waals surface area contributed by atoms with Gasteiger partial charge in [0.2, 0.25) is 11.8 Å². The maximum absolute atomic E-state index is 14.5. The van der Waals surface area contributed by atoms with Crippen LogP contribution in [0.3, 0.4) is 0 Å². The summed E-state index contributed by atoms with van der Waals surface area (Å²) in [5.41, 5.74) is 0.350. The van der Waals surface area contributed by atoms with Gasteiger partial charge in [0.15, 0.2) is 23.1 Å². The van der Waals surface area contributed by atoms with Crippen LogP contribution in [0.25, 0.3) is 0 Å². The summed E-state index contributed by atoms with van der Waals surface area (Å²) in [6.45, 7) is 17.3. The summed E-state index contributed by atoms with van der Waals surface area (Å²) in [6, 6.07) is 45.5. The molecule has 0 radical (unpaired) electrons. The van der Waals surface area contributed by atoms with Gasteiger partial charge in [-0.15, -0.1) is 0 Å². The van der Waals surface area contributed by atoms with Gasteiger partial charge in [0.25, 0.3) is 0 Å². The van der Waals surface area contributed by atoms with Gasteiger partial charge in [-0.1, -0.05) is 27.7 Å². The molecule has 520 valence electrons. The van der Waals surface area contributed by atoms with Crippen molar-refractivity contribution in [3.63, 3.8) is 0 Å². The van der Waals surface area contributed by atoms with Crippen molar-refractivity contribution in [2.45, 2.75) is 94.1 Å². The van der Waals surface area contributed by atoms with E-state index in [1.54, 1.807) is 114 Å². The van der Waals surface area contributed by atoms with Gasteiger partial charge in [-0.25, -0.2) is 9.59 Å². The molecular weight excluding hydrogens is 1290 g/mol. The third-order valence-electron chi connectivity index (χ3n) is 20.2. The molecule has 6 aromatic carbocycles. The van der Waals surface area contributed by atoms with Crippen molar-refractivity contribution in [1.82, 2.24) is 24.9 Å². The van der Waals surface area contributed by atoms with Gasteiger partial charge in [-0.2, -0.15) is 0 Å². The average molecular weight is 1370 g/mol. The van der Waals surface area contributed by atoms with Gasteiger partial charge in [-0.05, 0) is 41.5 Å². The minimum absolute atomic E-state index is 0.0233. The second-order valence-corrected chi connectivity index (χ2v) is 31.8. The summed E-state index contributed by atoms with van der Waals surface area (Å²) < 4.78 is 25.0. The number of benzene rings is 6. The summed E-state index contributed by atoms with van der Waals surface area (Å²) in [7, 11) is 3.55. The van der Waals surface area contributed by atoms with Gasteiger partial charge >= 0.3 is 281 Å². The van der Waals surface area contributed by atoms with E-state index >= 15 is 0 Å². The monoisotopic (exact) mass is 1370 g/mol. The van der Waals surface area contributed by atoms with E-state index in [1.807, 2.05) is 18.2 Å². The van der Waals surface area contributed by atoms with Crippen LogP contribution in [0, 0.1) is 10.8 Å². The first-order valence-electron chi connectivity index (χ1n) is 33.4. The zero-order chi connectivity index (χ0) is 72.5. The standard InChI is InChI=1S/C80H86N5O14P/c1-48-50(3)72(90)68(52(5)70(48)88)78(7,8)46-66(86)82(11)38-40-84(13)76(94)96-55-32-35-61-64(44-55)98-65-45-56(97-77(95)85(14)41-39-83(12)67(87)47-79(9,10)69-53(6)71(89)49(2)51(4)73(69)91)33-36-62(65)80(61)63-43-54(31-34-60(63)75(93)99-80)74(92)81-37-24-42-100(57-25-18-15-19-26-57,58-27-20-16-21-28-58)59-29-22-17-23-30-59/h15-23,25-36,43-45,100H,24,37-42,46-47H2,1-14H3,(H,81,92). The number of ether oxygens (including phenoxy) is 4. The molecular formula is C80H86N5O14P. The number of carbonyl (C=O) groups excluding carboxylic acids is 10. The first-order chi connectivity index (χ1) is 47.3. The number of esters is 1. The molecule has 1 spiro atoms. The molecule has 0 bridgehead atoms. The minimum Gasteiger partial charge on any atom is -0.289 e.